The topological polar surface area (TPSA) is 71.1 Å². The van der Waals surface area contributed by atoms with E-state index in [9.17, 15) is 9.59 Å². The zero-order chi connectivity index (χ0) is 20.4. The van der Waals surface area contributed by atoms with Crippen molar-refractivity contribution < 1.29 is 19.1 Å². The van der Waals surface area contributed by atoms with E-state index in [1.807, 2.05) is 36.4 Å². The molecule has 7 nitrogen and oxygen atoms in total. The van der Waals surface area contributed by atoms with Gasteiger partial charge in [0, 0.05) is 31.7 Å². The van der Waals surface area contributed by atoms with E-state index in [1.54, 1.807) is 23.8 Å². The number of urea groups is 1. The van der Waals surface area contributed by atoms with Gasteiger partial charge in [-0.1, -0.05) is 12.1 Å². The number of carbonyl (C=O) groups is 2. The third-order valence-corrected chi connectivity index (χ3v) is 5.50. The Morgan fingerprint density at radius 1 is 1.21 bits per heavy atom. The number of rotatable bonds is 4. The normalized spacial score (nSPS) is 18.3. The number of hydrogen-bond acceptors (Lipinski definition) is 4. The molecule has 7 heteroatoms. The summed E-state index contributed by atoms with van der Waals surface area (Å²) in [4.78, 5) is 28.9. The van der Waals surface area contributed by atoms with Gasteiger partial charge in [0.15, 0.2) is 0 Å². The lowest BCUT2D eigenvalue weighted by atomic mass is 10.1. The molecule has 1 N–H and O–H groups in total. The van der Waals surface area contributed by atoms with Crippen molar-refractivity contribution in [1.29, 1.82) is 0 Å². The highest BCUT2D eigenvalue weighted by atomic mass is 16.5. The molecule has 3 amide bonds. The van der Waals surface area contributed by atoms with E-state index < -0.39 is 6.04 Å². The lowest BCUT2D eigenvalue weighted by Crippen LogP contribution is -2.59. The fraction of sp³-hybridized carbons (Fsp3) is 0.364. The summed E-state index contributed by atoms with van der Waals surface area (Å²) in [6, 6.07) is 12.6. The second-order valence-electron chi connectivity index (χ2n) is 7.26. The minimum Gasteiger partial charge on any atom is -0.497 e. The van der Waals surface area contributed by atoms with E-state index in [1.165, 1.54) is 5.56 Å². The van der Waals surface area contributed by atoms with Gasteiger partial charge in [-0.2, -0.15) is 0 Å². The second-order valence-corrected chi connectivity index (χ2v) is 7.26. The predicted molar refractivity (Wildman–Crippen MR) is 109 cm³/mol. The molecule has 152 valence electrons. The Bertz CT molecular complexity index is 913. The number of piperazine rings is 1. The second kappa shape index (κ2) is 8.03. The summed E-state index contributed by atoms with van der Waals surface area (Å²) in [5.41, 5.74) is 3.01. The highest BCUT2D eigenvalue weighted by molar-refractivity contribution is 6.00. The van der Waals surface area contributed by atoms with Gasteiger partial charge < -0.3 is 24.6 Å². The third kappa shape index (κ3) is 3.85. The Morgan fingerprint density at radius 3 is 2.76 bits per heavy atom. The van der Waals surface area contributed by atoms with Gasteiger partial charge in [-0.15, -0.1) is 0 Å². The molecule has 2 aliphatic rings. The van der Waals surface area contributed by atoms with Crippen LogP contribution in [-0.2, 0) is 17.8 Å². The third-order valence-electron chi connectivity index (χ3n) is 5.50. The van der Waals surface area contributed by atoms with Crippen molar-refractivity contribution in [3.8, 4) is 11.5 Å². The van der Waals surface area contributed by atoms with Crippen LogP contribution in [0.5, 0.6) is 11.5 Å². The van der Waals surface area contributed by atoms with Crippen molar-refractivity contribution in [3.63, 3.8) is 0 Å². The highest BCUT2D eigenvalue weighted by Gasteiger charge is 2.35. The first-order chi connectivity index (χ1) is 14.1. The molecule has 0 bridgehead atoms. The van der Waals surface area contributed by atoms with Crippen LogP contribution < -0.4 is 19.7 Å². The van der Waals surface area contributed by atoms with Gasteiger partial charge in [0.25, 0.3) is 0 Å². The molecule has 29 heavy (non-hydrogen) atoms. The molecule has 4 rings (SSSR count). The minimum atomic E-state index is -0.528. The molecule has 0 aromatic heterocycles. The molecule has 1 saturated heterocycles. The number of anilines is 1. The van der Waals surface area contributed by atoms with Crippen LogP contribution in [0.1, 0.15) is 18.1 Å². The lowest BCUT2D eigenvalue weighted by Gasteiger charge is -2.39. The monoisotopic (exact) mass is 395 g/mol. The minimum absolute atomic E-state index is 0.0914. The first kappa shape index (κ1) is 19.1. The van der Waals surface area contributed by atoms with Crippen molar-refractivity contribution in [2.45, 2.75) is 25.9 Å². The van der Waals surface area contributed by atoms with Crippen LogP contribution in [-0.4, -0.2) is 49.7 Å². The Balaban J connectivity index is 1.37. The summed E-state index contributed by atoms with van der Waals surface area (Å²) < 4.78 is 10.7. The molecule has 2 heterocycles. The number of nitrogens with one attached hydrogen (secondary N) is 1. The number of carbonyl (C=O) groups excluding carboxylic acids is 2. The van der Waals surface area contributed by atoms with Crippen LogP contribution in [0.25, 0.3) is 0 Å². The smallest absolute Gasteiger partial charge is 0.318 e. The van der Waals surface area contributed by atoms with E-state index in [-0.39, 0.29) is 11.9 Å². The fourth-order valence-corrected chi connectivity index (χ4v) is 3.80. The van der Waals surface area contributed by atoms with Gasteiger partial charge in [-0.3, -0.25) is 4.79 Å². The quantitative estimate of drug-likeness (QED) is 0.864. The van der Waals surface area contributed by atoms with Crippen molar-refractivity contribution in [3.05, 3.63) is 53.6 Å². The zero-order valence-corrected chi connectivity index (χ0v) is 16.7. The number of ether oxygens (including phenoxy) is 2. The van der Waals surface area contributed by atoms with Gasteiger partial charge in [0.2, 0.25) is 5.91 Å². The van der Waals surface area contributed by atoms with E-state index in [2.05, 4.69) is 11.4 Å². The summed E-state index contributed by atoms with van der Waals surface area (Å²) >= 11 is 0. The maximum Gasteiger partial charge on any atom is 0.318 e. The van der Waals surface area contributed by atoms with Crippen molar-refractivity contribution in [2.24, 2.45) is 0 Å². The Hall–Kier alpha value is -3.22. The van der Waals surface area contributed by atoms with Crippen LogP contribution in [0.3, 0.4) is 0 Å². The molecule has 0 radical (unpaired) electrons. The fourth-order valence-electron chi connectivity index (χ4n) is 3.80. The molecule has 2 aliphatic heterocycles. The number of fused-ring (bicyclic) bond motifs is 1. The molecular weight excluding hydrogens is 370 g/mol. The van der Waals surface area contributed by atoms with Crippen molar-refractivity contribution in [2.75, 3.05) is 31.7 Å². The largest absolute Gasteiger partial charge is 0.497 e. The first-order valence-corrected chi connectivity index (χ1v) is 9.81. The van der Waals surface area contributed by atoms with Crippen LogP contribution in [0.15, 0.2) is 42.5 Å². The van der Waals surface area contributed by atoms with Crippen LogP contribution in [0, 0.1) is 0 Å². The molecular formula is C22H25N3O4. The molecule has 0 saturated carbocycles. The van der Waals surface area contributed by atoms with Crippen LogP contribution in [0.4, 0.5) is 10.5 Å². The molecule has 1 fully saturated rings. The standard InChI is InChI=1S/C22H25N3O4/c1-15-21(26)25(18-4-6-19(28-2)7-5-18)11-10-24(15)22(27)23-14-16-3-8-20-17(13-16)9-12-29-20/h3-8,13,15H,9-12,14H2,1-2H3,(H,23,27)/t15-/m0/s1. The number of benzene rings is 2. The van der Waals surface area contributed by atoms with Gasteiger partial charge >= 0.3 is 6.03 Å². The van der Waals surface area contributed by atoms with Gasteiger partial charge in [0.1, 0.15) is 17.5 Å². The molecule has 2 aromatic carbocycles. The maximum atomic E-state index is 12.9. The van der Waals surface area contributed by atoms with Crippen LogP contribution in [0.2, 0.25) is 0 Å². The van der Waals surface area contributed by atoms with Crippen molar-refractivity contribution in [1.82, 2.24) is 10.2 Å². The van der Waals surface area contributed by atoms with Gasteiger partial charge in [-0.25, -0.2) is 4.79 Å². The Labute approximate surface area is 170 Å². The lowest BCUT2D eigenvalue weighted by molar-refractivity contribution is -0.124. The molecule has 2 aromatic rings. The van der Waals surface area contributed by atoms with Gasteiger partial charge in [0.05, 0.1) is 13.7 Å². The maximum absolute atomic E-state index is 12.9. The average molecular weight is 395 g/mol. The first-order valence-electron chi connectivity index (χ1n) is 9.81. The number of amides is 3. The van der Waals surface area contributed by atoms with Crippen LogP contribution >= 0.6 is 0 Å². The zero-order valence-electron chi connectivity index (χ0n) is 16.7. The van der Waals surface area contributed by atoms with E-state index in [0.29, 0.717) is 26.2 Å². The number of hydrogen-bond donors (Lipinski definition) is 1. The van der Waals surface area contributed by atoms with Gasteiger partial charge in [-0.05, 0) is 48.4 Å². The average Bonchev–Trinajstić information content (AvgIpc) is 3.22. The number of methoxy groups -OCH3 is 1. The number of nitrogens with zero attached hydrogens (tertiary/aromatic N) is 2. The SMILES string of the molecule is COc1ccc(N2CCN(C(=O)NCc3ccc4c(c3)CCO4)[C@@H](C)C2=O)cc1. The molecule has 0 aliphatic carbocycles. The summed E-state index contributed by atoms with van der Waals surface area (Å²) in [5, 5.41) is 2.94. The Kier molecular flexibility index (Phi) is 5.29. The summed E-state index contributed by atoms with van der Waals surface area (Å²) in [6.07, 6.45) is 0.899. The summed E-state index contributed by atoms with van der Waals surface area (Å²) in [5.74, 6) is 1.57. The summed E-state index contributed by atoms with van der Waals surface area (Å²) in [7, 11) is 1.61. The molecule has 0 unspecified atom stereocenters. The van der Waals surface area contributed by atoms with Crippen molar-refractivity contribution >= 4 is 17.6 Å². The predicted octanol–water partition coefficient (Wildman–Crippen LogP) is 2.58. The molecule has 0 spiro atoms. The van der Waals surface area contributed by atoms with E-state index >= 15 is 0 Å². The van der Waals surface area contributed by atoms with E-state index in [0.717, 1.165) is 29.2 Å². The molecule has 1 atom stereocenters. The Morgan fingerprint density at radius 2 is 2.00 bits per heavy atom. The summed E-state index contributed by atoms with van der Waals surface area (Å²) in [6.45, 7) is 3.83. The van der Waals surface area contributed by atoms with E-state index in [4.69, 9.17) is 9.47 Å². The highest BCUT2D eigenvalue weighted by Crippen LogP contribution is 2.26.